The Labute approximate surface area is 186 Å². The molecular formula is C23H24N4O4S. The van der Waals surface area contributed by atoms with Crippen molar-refractivity contribution in [2.45, 2.75) is 24.4 Å². The zero-order valence-electron chi connectivity index (χ0n) is 18.0. The number of nitrogens with zero attached hydrogens (tertiary/aromatic N) is 2. The van der Waals surface area contributed by atoms with Gasteiger partial charge in [-0.15, -0.1) is 0 Å². The summed E-state index contributed by atoms with van der Waals surface area (Å²) >= 11 is 0. The lowest BCUT2D eigenvalue weighted by atomic mass is 10.0. The van der Waals surface area contributed by atoms with Crippen molar-refractivity contribution in [2.75, 3.05) is 14.1 Å². The van der Waals surface area contributed by atoms with Gasteiger partial charge < -0.3 is 10.1 Å². The fraction of sp³-hybridized carbons (Fsp3) is 0.217. The minimum Gasteiger partial charge on any atom is -0.494 e. The SMILES string of the molecule is CCC(NS(=O)(=O)c1cccc(-c2[nH]c(O)c3c2C(=O)N=C3c2ccccc2)c1)N(C)C. The summed E-state index contributed by atoms with van der Waals surface area (Å²) in [5.41, 5.74) is 2.42. The second-order valence-electron chi connectivity index (χ2n) is 7.77. The van der Waals surface area contributed by atoms with E-state index in [0.717, 1.165) is 0 Å². The van der Waals surface area contributed by atoms with Gasteiger partial charge in [-0.25, -0.2) is 13.4 Å². The van der Waals surface area contributed by atoms with Gasteiger partial charge in [0.25, 0.3) is 5.91 Å². The van der Waals surface area contributed by atoms with E-state index in [1.807, 2.05) is 25.1 Å². The first-order valence-electron chi connectivity index (χ1n) is 10.2. The Kier molecular flexibility index (Phi) is 5.72. The van der Waals surface area contributed by atoms with Gasteiger partial charge in [0.05, 0.1) is 33.6 Å². The Morgan fingerprint density at radius 2 is 1.75 bits per heavy atom. The molecule has 3 N–H and O–H groups in total. The van der Waals surface area contributed by atoms with Gasteiger partial charge in [-0.2, -0.15) is 4.72 Å². The number of rotatable bonds is 7. The van der Waals surface area contributed by atoms with Crippen molar-refractivity contribution in [1.82, 2.24) is 14.6 Å². The molecule has 1 aliphatic rings. The monoisotopic (exact) mass is 452 g/mol. The third-order valence-electron chi connectivity index (χ3n) is 5.43. The number of carbonyl (C=O) groups excluding carboxylic acids is 1. The van der Waals surface area contributed by atoms with Gasteiger partial charge in [0.2, 0.25) is 10.0 Å². The average molecular weight is 453 g/mol. The van der Waals surface area contributed by atoms with E-state index < -0.39 is 15.9 Å². The van der Waals surface area contributed by atoms with Crippen molar-refractivity contribution in [3.63, 3.8) is 0 Å². The van der Waals surface area contributed by atoms with E-state index in [1.165, 1.54) is 12.1 Å². The number of hydrogen-bond donors (Lipinski definition) is 3. The summed E-state index contributed by atoms with van der Waals surface area (Å²) in [7, 11) is -0.204. The number of amides is 1. The summed E-state index contributed by atoms with van der Waals surface area (Å²) in [5.74, 6) is -0.677. The van der Waals surface area contributed by atoms with E-state index in [4.69, 9.17) is 0 Å². The molecule has 0 fully saturated rings. The maximum Gasteiger partial charge on any atom is 0.280 e. The first kappa shape index (κ1) is 21.9. The van der Waals surface area contributed by atoms with Crippen LogP contribution in [0.3, 0.4) is 0 Å². The molecule has 2 heterocycles. The van der Waals surface area contributed by atoms with E-state index in [1.54, 1.807) is 43.3 Å². The fourth-order valence-electron chi connectivity index (χ4n) is 3.79. The molecule has 0 saturated carbocycles. The van der Waals surface area contributed by atoms with Crippen LogP contribution in [0.4, 0.5) is 0 Å². The van der Waals surface area contributed by atoms with Crippen LogP contribution < -0.4 is 4.72 Å². The molecule has 166 valence electrons. The topological polar surface area (TPSA) is 115 Å². The molecule has 8 nitrogen and oxygen atoms in total. The summed E-state index contributed by atoms with van der Waals surface area (Å²) < 4.78 is 28.6. The number of aromatic amines is 1. The smallest absolute Gasteiger partial charge is 0.280 e. The van der Waals surface area contributed by atoms with E-state index in [2.05, 4.69) is 14.7 Å². The molecule has 9 heteroatoms. The first-order valence-corrected chi connectivity index (χ1v) is 11.6. The van der Waals surface area contributed by atoms with Gasteiger partial charge in [0.1, 0.15) is 0 Å². The molecule has 0 radical (unpaired) electrons. The summed E-state index contributed by atoms with van der Waals surface area (Å²) in [5, 5.41) is 10.6. The molecule has 1 atom stereocenters. The number of hydrogen-bond acceptors (Lipinski definition) is 5. The maximum atomic E-state index is 12.9. The van der Waals surface area contributed by atoms with Gasteiger partial charge in [-0.3, -0.25) is 9.69 Å². The zero-order chi connectivity index (χ0) is 23.0. The highest BCUT2D eigenvalue weighted by atomic mass is 32.2. The molecule has 32 heavy (non-hydrogen) atoms. The second-order valence-corrected chi connectivity index (χ2v) is 9.48. The molecule has 2 aromatic carbocycles. The molecule has 4 rings (SSSR count). The van der Waals surface area contributed by atoms with Crippen LogP contribution in [0.15, 0.2) is 64.5 Å². The minimum atomic E-state index is -3.80. The Morgan fingerprint density at radius 3 is 2.41 bits per heavy atom. The van der Waals surface area contributed by atoms with Crippen LogP contribution in [0, 0.1) is 0 Å². The fourth-order valence-corrected chi connectivity index (χ4v) is 5.20. The lowest BCUT2D eigenvalue weighted by molar-refractivity contribution is 0.101. The Morgan fingerprint density at radius 1 is 1.06 bits per heavy atom. The first-order chi connectivity index (χ1) is 15.2. The van der Waals surface area contributed by atoms with Crippen molar-refractivity contribution in [1.29, 1.82) is 0 Å². The third-order valence-corrected chi connectivity index (χ3v) is 6.88. The molecule has 1 unspecified atom stereocenters. The van der Waals surface area contributed by atoms with Crippen LogP contribution >= 0.6 is 0 Å². The molecule has 0 spiro atoms. The molecule has 0 bridgehead atoms. The highest BCUT2D eigenvalue weighted by molar-refractivity contribution is 7.89. The highest BCUT2D eigenvalue weighted by Crippen LogP contribution is 2.38. The standard InChI is InChI=1S/C23H24N4O4S/c1-4-17(27(2)3)26-32(30,31)16-12-8-11-15(13-16)21-19-18(22(28)25-21)20(24-23(19)29)14-9-6-5-7-10-14/h5-13,17,25-26,28H,4H2,1-3H3. The zero-order valence-corrected chi connectivity index (χ0v) is 18.8. The lowest BCUT2D eigenvalue weighted by Gasteiger charge is -2.23. The van der Waals surface area contributed by atoms with Crippen LogP contribution in [0.25, 0.3) is 11.3 Å². The minimum absolute atomic E-state index is 0.0628. The number of aliphatic imine (C=N–C) groups is 1. The molecule has 1 amide bonds. The highest BCUT2D eigenvalue weighted by Gasteiger charge is 2.33. The summed E-state index contributed by atoms with van der Waals surface area (Å²) in [6.07, 6.45) is 0.240. The van der Waals surface area contributed by atoms with Gasteiger partial charge in [-0.05, 0) is 32.6 Å². The summed E-state index contributed by atoms with van der Waals surface area (Å²) in [6.45, 7) is 1.89. The van der Waals surface area contributed by atoms with E-state index in [0.29, 0.717) is 34.5 Å². The lowest BCUT2D eigenvalue weighted by Crippen LogP contribution is -2.44. The van der Waals surface area contributed by atoms with E-state index in [-0.39, 0.29) is 22.5 Å². The number of carbonyl (C=O) groups is 1. The van der Waals surface area contributed by atoms with Crippen LogP contribution in [0.1, 0.15) is 34.8 Å². The van der Waals surface area contributed by atoms with Crippen LogP contribution in [-0.4, -0.2) is 55.3 Å². The van der Waals surface area contributed by atoms with Crippen LogP contribution in [0.2, 0.25) is 0 Å². The van der Waals surface area contributed by atoms with Gasteiger partial charge in [0, 0.05) is 11.1 Å². The summed E-state index contributed by atoms with van der Waals surface area (Å²) in [4.78, 5) is 21.6. The Bertz CT molecular complexity index is 1310. The molecule has 0 aliphatic carbocycles. The van der Waals surface area contributed by atoms with E-state index >= 15 is 0 Å². The maximum absolute atomic E-state index is 12.9. The van der Waals surface area contributed by atoms with Crippen molar-refractivity contribution in [2.24, 2.45) is 4.99 Å². The number of aromatic hydroxyl groups is 1. The van der Waals surface area contributed by atoms with Crippen LogP contribution in [-0.2, 0) is 10.0 Å². The van der Waals surface area contributed by atoms with Crippen molar-refractivity contribution < 1.29 is 18.3 Å². The van der Waals surface area contributed by atoms with Gasteiger partial charge in [0.15, 0.2) is 5.88 Å². The molecule has 1 aliphatic heterocycles. The number of nitrogens with one attached hydrogen (secondary N) is 2. The second kappa shape index (κ2) is 8.34. The van der Waals surface area contributed by atoms with Crippen molar-refractivity contribution in [3.05, 3.63) is 71.3 Å². The van der Waals surface area contributed by atoms with Gasteiger partial charge >= 0.3 is 0 Å². The average Bonchev–Trinajstić information content (AvgIpc) is 3.31. The van der Waals surface area contributed by atoms with Gasteiger partial charge in [-0.1, -0.05) is 49.4 Å². The molecule has 3 aromatic rings. The predicted octanol–water partition coefficient (Wildman–Crippen LogP) is 2.95. The molecule has 0 saturated heterocycles. The number of H-pyrrole nitrogens is 1. The summed E-state index contributed by atoms with van der Waals surface area (Å²) in [6, 6.07) is 15.4. The normalized spacial score (nSPS) is 14.5. The number of fused-ring (bicyclic) bond motifs is 1. The number of aromatic nitrogens is 1. The number of sulfonamides is 1. The quantitative estimate of drug-likeness (QED) is 0.477. The Balaban J connectivity index is 1.75. The molecule has 1 aromatic heterocycles. The van der Waals surface area contributed by atoms with E-state index in [9.17, 15) is 18.3 Å². The molecular weight excluding hydrogens is 428 g/mol. The van der Waals surface area contributed by atoms with Crippen LogP contribution in [0.5, 0.6) is 5.88 Å². The number of benzene rings is 2. The largest absolute Gasteiger partial charge is 0.494 e. The third kappa shape index (κ3) is 3.86. The Hall–Kier alpha value is -3.27. The predicted molar refractivity (Wildman–Crippen MR) is 122 cm³/mol. The van der Waals surface area contributed by atoms with Crippen molar-refractivity contribution >= 4 is 21.6 Å². The van der Waals surface area contributed by atoms with Crippen molar-refractivity contribution in [3.8, 4) is 17.1 Å².